The Kier molecular flexibility index (Phi) is 3.38. The zero-order chi connectivity index (χ0) is 12.1. The van der Waals surface area contributed by atoms with Gasteiger partial charge in [0, 0.05) is 5.69 Å². The normalized spacial score (nSPS) is 9.88. The first-order valence-corrected chi connectivity index (χ1v) is 5.13. The number of terminal acetylenes is 1. The Labute approximate surface area is 99.1 Å². The van der Waals surface area contributed by atoms with Crippen molar-refractivity contribution in [2.24, 2.45) is 0 Å². The van der Waals surface area contributed by atoms with Crippen molar-refractivity contribution in [3.05, 3.63) is 36.2 Å². The molecule has 0 saturated carbocycles. The second kappa shape index (κ2) is 5.14. The first kappa shape index (κ1) is 11.2. The fraction of sp³-hybridized carbons (Fsp3) is 0.167. The number of hydrogen-bond donors (Lipinski definition) is 2. The summed E-state index contributed by atoms with van der Waals surface area (Å²) in [6, 6.07) is 7.61. The van der Waals surface area contributed by atoms with Gasteiger partial charge >= 0.3 is 0 Å². The van der Waals surface area contributed by atoms with E-state index < -0.39 is 0 Å². The van der Waals surface area contributed by atoms with Crippen LogP contribution >= 0.6 is 0 Å². The predicted octanol–water partition coefficient (Wildman–Crippen LogP) is 0.805. The van der Waals surface area contributed by atoms with E-state index in [2.05, 4.69) is 21.5 Å². The molecular formula is C12H12N4O. The van der Waals surface area contributed by atoms with Gasteiger partial charge in [-0.15, -0.1) is 11.5 Å². The van der Waals surface area contributed by atoms with E-state index in [9.17, 15) is 0 Å². The molecule has 17 heavy (non-hydrogen) atoms. The summed E-state index contributed by atoms with van der Waals surface area (Å²) in [4.78, 5) is 0. The van der Waals surface area contributed by atoms with Crippen LogP contribution in [0.3, 0.4) is 0 Å². The van der Waals surface area contributed by atoms with Crippen molar-refractivity contribution in [2.75, 3.05) is 11.9 Å². The lowest BCUT2D eigenvalue weighted by Gasteiger charge is -2.04. The molecule has 0 fully saturated rings. The van der Waals surface area contributed by atoms with Crippen molar-refractivity contribution >= 4 is 5.69 Å². The summed E-state index contributed by atoms with van der Waals surface area (Å²) in [6.07, 6.45) is 6.84. The Balaban J connectivity index is 2.15. The number of rotatable bonds is 4. The van der Waals surface area contributed by atoms with Gasteiger partial charge in [0.05, 0.1) is 25.0 Å². The molecule has 2 aromatic rings. The summed E-state index contributed by atoms with van der Waals surface area (Å²) in [5, 5.41) is 19.7. The number of aliphatic hydroxyl groups is 1. The molecule has 1 aromatic heterocycles. The van der Waals surface area contributed by atoms with E-state index in [-0.39, 0.29) is 6.61 Å². The van der Waals surface area contributed by atoms with Crippen molar-refractivity contribution < 1.29 is 5.11 Å². The van der Waals surface area contributed by atoms with E-state index in [4.69, 9.17) is 11.5 Å². The molecule has 0 unspecified atom stereocenters. The fourth-order valence-electron chi connectivity index (χ4n) is 1.38. The molecule has 0 radical (unpaired) electrons. The van der Waals surface area contributed by atoms with Crippen LogP contribution < -0.4 is 5.32 Å². The smallest absolute Gasteiger partial charge is 0.109 e. The Morgan fingerprint density at radius 2 is 2.12 bits per heavy atom. The van der Waals surface area contributed by atoms with E-state index in [0.717, 1.165) is 11.4 Å². The van der Waals surface area contributed by atoms with Gasteiger partial charge in [-0.1, -0.05) is 11.1 Å². The summed E-state index contributed by atoms with van der Waals surface area (Å²) < 4.78 is 1.61. The van der Waals surface area contributed by atoms with Crippen LogP contribution in [0.4, 0.5) is 5.69 Å². The first-order valence-electron chi connectivity index (χ1n) is 5.13. The van der Waals surface area contributed by atoms with E-state index in [1.165, 1.54) is 0 Å². The maximum Gasteiger partial charge on any atom is 0.109 e. The molecule has 2 N–H and O–H groups in total. The fourth-order valence-corrected chi connectivity index (χ4v) is 1.38. The summed E-state index contributed by atoms with van der Waals surface area (Å²) in [6.45, 7) is 0.388. The minimum absolute atomic E-state index is 0.109. The van der Waals surface area contributed by atoms with Gasteiger partial charge in [-0.2, -0.15) is 0 Å². The number of benzene rings is 1. The molecule has 5 nitrogen and oxygen atoms in total. The standard InChI is InChI=1S/C12H12N4O/c1-2-7-13-10-3-5-12(6-4-10)16-8-11(9-17)14-15-16/h1,3-6,8,13,17H,7,9H2. The molecule has 0 aliphatic carbocycles. The van der Waals surface area contributed by atoms with Crippen LogP contribution in [0, 0.1) is 12.3 Å². The van der Waals surface area contributed by atoms with Crippen molar-refractivity contribution in [3.63, 3.8) is 0 Å². The molecule has 0 atom stereocenters. The van der Waals surface area contributed by atoms with Crippen molar-refractivity contribution in [3.8, 4) is 18.0 Å². The second-order valence-corrected chi connectivity index (χ2v) is 3.42. The summed E-state index contributed by atoms with van der Waals surface area (Å²) >= 11 is 0. The van der Waals surface area contributed by atoms with Crippen LogP contribution in [0.2, 0.25) is 0 Å². The van der Waals surface area contributed by atoms with E-state index in [1.807, 2.05) is 24.3 Å². The quantitative estimate of drug-likeness (QED) is 0.760. The zero-order valence-corrected chi connectivity index (χ0v) is 9.17. The highest BCUT2D eigenvalue weighted by Crippen LogP contribution is 2.12. The number of hydrogen-bond acceptors (Lipinski definition) is 4. The van der Waals surface area contributed by atoms with Gasteiger partial charge in [-0.25, -0.2) is 4.68 Å². The monoisotopic (exact) mass is 228 g/mol. The molecule has 0 saturated heterocycles. The topological polar surface area (TPSA) is 63.0 Å². The van der Waals surface area contributed by atoms with Crippen LogP contribution in [-0.2, 0) is 6.61 Å². The number of aliphatic hydroxyl groups excluding tert-OH is 1. The number of anilines is 1. The highest BCUT2D eigenvalue weighted by atomic mass is 16.3. The third kappa shape index (κ3) is 2.62. The summed E-state index contributed by atoms with van der Waals surface area (Å²) in [5.74, 6) is 2.51. The molecule has 5 heteroatoms. The van der Waals surface area contributed by atoms with Gasteiger partial charge in [0.2, 0.25) is 0 Å². The Hall–Kier alpha value is -2.32. The van der Waals surface area contributed by atoms with Crippen LogP contribution in [-0.4, -0.2) is 26.6 Å². The lowest BCUT2D eigenvalue weighted by atomic mass is 10.3. The molecule has 0 bridgehead atoms. The maximum absolute atomic E-state index is 8.89. The van der Waals surface area contributed by atoms with Crippen molar-refractivity contribution in [2.45, 2.75) is 6.61 Å². The van der Waals surface area contributed by atoms with E-state index in [1.54, 1.807) is 10.9 Å². The zero-order valence-electron chi connectivity index (χ0n) is 9.17. The van der Waals surface area contributed by atoms with Crippen LogP contribution in [0.5, 0.6) is 0 Å². The molecule has 2 rings (SSSR count). The van der Waals surface area contributed by atoms with Gasteiger partial charge in [0.1, 0.15) is 5.69 Å². The maximum atomic E-state index is 8.89. The van der Waals surface area contributed by atoms with Gasteiger partial charge in [0.15, 0.2) is 0 Å². The highest BCUT2D eigenvalue weighted by molar-refractivity contribution is 5.49. The van der Waals surface area contributed by atoms with Crippen molar-refractivity contribution in [1.82, 2.24) is 15.0 Å². The molecule has 1 aromatic carbocycles. The van der Waals surface area contributed by atoms with Crippen LogP contribution in [0.1, 0.15) is 5.69 Å². The van der Waals surface area contributed by atoms with E-state index in [0.29, 0.717) is 12.2 Å². The Morgan fingerprint density at radius 3 is 2.71 bits per heavy atom. The number of nitrogens with one attached hydrogen (secondary N) is 1. The SMILES string of the molecule is C#CCNc1ccc(-n2cc(CO)nn2)cc1. The molecule has 0 amide bonds. The van der Waals surface area contributed by atoms with Gasteiger partial charge in [-0.05, 0) is 24.3 Å². The summed E-state index contributed by atoms with van der Waals surface area (Å²) in [7, 11) is 0. The summed E-state index contributed by atoms with van der Waals surface area (Å²) in [5.41, 5.74) is 2.37. The molecule has 0 aliphatic rings. The molecule has 0 spiro atoms. The van der Waals surface area contributed by atoms with Gasteiger partial charge in [0.25, 0.3) is 0 Å². The van der Waals surface area contributed by atoms with E-state index >= 15 is 0 Å². The van der Waals surface area contributed by atoms with Gasteiger partial charge in [-0.3, -0.25) is 0 Å². The molecule has 0 aliphatic heterocycles. The number of nitrogens with zero attached hydrogens (tertiary/aromatic N) is 3. The average Bonchev–Trinajstić information content (AvgIpc) is 2.86. The van der Waals surface area contributed by atoms with Crippen LogP contribution in [0.15, 0.2) is 30.5 Å². The van der Waals surface area contributed by atoms with Crippen LogP contribution in [0.25, 0.3) is 5.69 Å². The molecule has 86 valence electrons. The lowest BCUT2D eigenvalue weighted by molar-refractivity contribution is 0.276. The average molecular weight is 228 g/mol. The minimum Gasteiger partial charge on any atom is -0.390 e. The molecule has 1 heterocycles. The first-order chi connectivity index (χ1) is 8.33. The Bertz CT molecular complexity index is 524. The molecular weight excluding hydrogens is 216 g/mol. The third-order valence-corrected chi connectivity index (χ3v) is 2.23. The third-order valence-electron chi connectivity index (χ3n) is 2.23. The number of aromatic nitrogens is 3. The highest BCUT2D eigenvalue weighted by Gasteiger charge is 2.01. The Morgan fingerprint density at radius 1 is 1.35 bits per heavy atom. The second-order valence-electron chi connectivity index (χ2n) is 3.42. The minimum atomic E-state index is -0.109. The predicted molar refractivity (Wildman–Crippen MR) is 64.6 cm³/mol. The largest absolute Gasteiger partial charge is 0.390 e. The van der Waals surface area contributed by atoms with Crippen molar-refractivity contribution in [1.29, 1.82) is 0 Å². The van der Waals surface area contributed by atoms with Gasteiger partial charge < -0.3 is 10.4 Å². The lowest BCUT2D eigenvalue weighted by Crippen LogP contribution is -1.99.